The highest BCUT2D eigenvalue weighted by atomic mass is 35.5. The van der Waals surface area contributed by atoms with E-state index in [4.69, 9.17) is 33.0 Å². The number of fused-ring (bicyclic) bond motifs is 1. The van der Waals surface area contributed by atoms with Crippen molar-refractivity contribution in [3.63, 3.8) is 0 Å². The molecule has 4 nitrogen and oxygen atoms in total. The molecule has 0 aliphatic carbocycles. The minimum Gasteiger partial charge on any atom is -0.486 e. The van der Waals surface area contributed by atoms with Crippen molar-refractivity contribution in [2.24, 2.45) is 0 Å². The summed E-state index contributed by atoms with van der Waals surface area (Å²) in [6.07, 6.45) is 3.49. The Bertz CT molecular complexity index is 1050. The molecule has 0 radical (unpaired) electrons. The van der Waals surface area contributed by atoms with Crippen molar-refractivity contribution < 1.29 is 19.0 Å². The van der Waals surface area contributed by atoms with Gasteiger partial charge in [0.15, 0.2) is 0 Å². The second-order valence-corrected chi connectivity index (χ2v) is 6.60. The number of ether oxygens (including phenoxy) is 1. The van der Waals surface area contributed by atoms with Crippen LogP contribution >= 0.6 is 23.2 Å². The van der Waals surface area contributed by atoms with Crippen molar-refractivity contribution in [2.75, 3.05) is 0 Å². The van der Waals surface area contributed by atoms with Crippen LogP contribution in [-0.4, -0.2) is 16.1 Å². The van der Waals surface area contributed by atoms with Gasteiger partial charge in [-0.05, 0) is 55.0 Å². The van der Waals surface area contributed by atoms with Crippen molar-refractivity contribution in [2.45, 2.75) is 13.0 Å². The maximum Gasteiger partial charge on any atom is 0.328 e. The first kappa shape index (κ1) is 19.1. The van der Waals surface area contributed by atoms with Crippen LogP contribution in [0, 0.1) is 5.82 Å². The average molecular weight is 406 g/mol. The molecule has 3 aromatic rings. The summed E-state index contributed by atoms with van der Waals surface area (Å²) < 4.78 is 19.6. The number of aliphatic carboxylic acids is 1. The van der Waals surface area contributed by atoms with Crippen molar-refractivity contribution in [3.05, 3.63) is 75.7 Å². The predicted octanol–water partition coefficient (Wildman–Crippen LogP) is 5.92. The lowest BCUT2D eigenvalue weighted by molar-refractivity contribution is -0.131. The first-order valence-electron chi connectivity index (χ1n) is 7.96. The molecule has 1 heterocycles. The van der Waals surface area contributed by atoms with Gasteiger partial charge in [-0.15, -0.1) is 0 Å². The molecule has 27 heavy (non-hydrogen) atoms. The van der Waals surface area contributed by atoms with Gasteiger partial charge in [-0.3, -0.25) is 4.98 Å². The number of halogens is 3. The molecule has 0 aliphatic rings. The molecule has 1 unspecified atom stereocenters. The molecule has 0 spiro atoms. The minimum absolute atomic E-state index is 0.0708. The lowest BCUT2D eigenvalue weighted by Gasteiger charge is -2.18. The first-order valence-corrected chi connectivity index (χ1v) is 8.71. The van der Waals surface area contributed by atoms with Gasteiger partial charge in [0, 0.05) is 28.2 Å². The van der Waals surface area contributed by atoms with E-state index in [9.17, 15) is 9.18 Å². The second-order valence-electron chi connectivity index (χ2n) is 5.81. The molecule has 1 atom stereocenters. The Labute approximate surface area is 164 Å². The number of hydrogen-bond acceptors (Lipinski definition) is 3. The Kier molecular flexibility index (Phi) is 5.63. The third kappa shape index (κ3) is 4.38. The third-order valence-corrected chi connectivity index (χ3v) is 4.60. The van der Waals surface area contributed by atoms with E-state index < -0.39 is 17.9 Å². The first-order chi connectivity index (χ1) is 12.8. The van der Waals surface area contributed by atoms with Crippen LogP contribution in [0.1, 0.15) is 24.2 Å². The van der Waals surface area contributed by atoms with Crippen LogP contribution in [0.15, 0.2) is 48.7 Å². The van der Waals surface area contributed by atoms with Gasteiger partial charge in [0.05, 0.1) is 10.5 Å². The summed E-state index contributed by atoms with van der Waals surface area (Å²) in [6, 6.07) is 9.70. The zero-order valence-electron chi connectivity index (χ0n) is 14.1. The topological polar surface area (TPSA) is 59.4 Å². The van der Waals surface area contributed by atoms with Gasteiger partial charge in [-0.1, -0.05) is 23.2 Å². The van der Waals surface area contributed by atoms with Crippen LogP contribution in [0.3, 0.4) is 0 Å². The van der Waals surface area contributed by atoms with Crippen LogP contribution < -0.4 is 4.74 Å². The van der Waals surface area contributed by atoms with Gasteiger partial charge in [0.25, 0.3) is 0 Å². The standard InChI is InChI=1S/C20H14Cl2FNO3/c1-11(19-15(21)4-5-16(23)20(19)22)27-14-3-6-17-13(9-14)8-12(10-24-17)2-7-18(25)26/h2-11H,1H3,(H,25,26)/b7-2+. The van der Waals surface area contributed by atoms with Gasteiger partial charge in [0.2, 0.25) is 0 Å². The Balaban J connectivity index is 1.91. The van der Waals surface area contributed by atoms with Gasteiger partial charge in [-0.2, -0.15) is 0 Å². The Morgan fingerprint density at radius 1 is 1.26 bits per heavy atom. The molecule has 2 aromatic carbocycles. The molecule has 0 aliphatic heterocycles. The van der Waals surface area contributed by atoms with E-state index in [2.05, 4.69) is 4.98 Å². The summed E-state index contributed by atoms with van der Waals surface area (Å²) in [4.78, 5) is 14.9. The predicted molar refractivity (Wildman–Crippen MR) is 104 cm³/mol. The number of benzene rings is 2. The summed E-state index contributed by atoms with van der Waals surface area (Å²) in [5.74, 6) is -1.08. The van der Waals surface area contributed by atoms with Crippen LogP contribution in [0.4, 0.5) is 4.39 Å². The largest absolute Gasteiger partial charge is 0.486 e. The van der Waals surface area contributed by atoms with E-state index in [0.29, 0.717) is 21.9 Å². The molecule has 138 valence electrons. The highest BCUT2D eigenvalue weighted by Crippen LogP contribution is 2.35. The number of aromatic nitrogens is 1. The minimum atomic E-state index is -1.04. The molecule has 3 rings (SSSR count). The number of rotatable bonds is 5. The van der Waals surface area contributed by atoms with E-state index in [1.54, 1.807) is 37.4 Å². The number of carboxylic acid groups (broad SMARTS) is 1. The fourth-order valence-electron chi connectivity index (χ4n) is 2.64. The molecule has 0 saturated carbocycles. The molecule has 0 saturated heterocycles. The average Bonchev–Trinajstić information content (AvgIpc) is 2.63. The number of carboxylic acids is 1. The number of nitrogens with zero attached hydrogens (tertiary/aromatic N) is 1. The molecule has 0 bridgehead atoms. The molecule has 7 heteroatoms. The van der Waals surface area contributed by atoms with Crippen molar-refractivity contribution in [3.8, 4) is 5.75 Å². The maximum absolute atomic E-state index is 13.7. The van der Waals surface area contributed by atoms with Gasteiger partial charge >= 0.3 is 5.97 Å². The van der Waals surface area contributed by atoms with Gasteiger partial charge < -0.3 is 9.84 Å². The maximum atomic E-state index is 13.7. The summed E-state index contributed by atoms with van der Waals surface area (Å²) in [5, 5.41) is 9.74. The summed E-state index contributed by atoms with van der Waals surface area (Å²) in [5.41, 5.74) is 1.74. The van der Waals surface area contributed by atoms with Crippen LogP contribution in [0.5, 0.6) is 5.75 Å². The van der Waals surface area contributed by atoms with Crippen LogP contribution in [0.25, 0.3) is 17.0 Å². The Hall–Kier alpha value is -2.63. The molecule has 1 N–H and O–H groups in total. The smallest absolute Gasteiger partial charge is 0.328 e. The number of carbonyl (C=O) groups is 1. The zero-order valence-corrected chi connectivity index (χ0v) is 15.6. The van der Waals surface area contributed by atoms with Crippen LogP contribution in [0.2, 0.25) is 10.0 Å². The van der Waals surface area contributed by atoms with E-state index in [1.807, 2.05) is 0 Å². The lowest BCUT2D eigenvalue weighted by Crippen LogP contribution is -2.05. The fourth-order valence-corrected chi connectivity index (χ4v) is 3.32. The summed E-state index contributed by atoms with van der Waals surface area (Å²) in [6.45, 7) is 1.72. The molecule has 0 fully saturated rings. The van der Waals surface area contributed by atoms with Gasteiger partial charge in [0.1, 0.15) is 17.7 Å². The van der Waals surface area contributed by atoms with E-state index in [0.717, 1.165) is 17.0 Å². The molecule has 1 aromatic heterocycles. The monoisotopic (exact) mass is 405 g/mol. The van der Waals surface area contributed by atoms with Gasteiger partial charge in [-0.25, -0.2) is 9.18 Å². The van der Waals surface area contributed by atoms with E-state index in [1.165, 1.54) is 18.2 Å². The Morgan fingerprint density at radius 3 is 2.78 bits per heavy atom. The fraction of sp³-hybridized carbons (Fsp3) is 0.100. The summed E-state index contributed by atoms with van der Waals surface area (Å²) >= 11 is 12.2. The second kappa shape index (κ2) is 7.94. The summed E-state index contributed by atoms with van der Waals surface area (Å²) in [7, 11) is 0. The normalized spacial score (nSPS) is 12.4. The molecular formula is C20H14Cl2FNO3. The van der Waals surface area contributed by atoms with Crippen LogP contribution in [-0.2, 0) is 4.79 Å². The lowest BCUT2D eigenvalue weighted by atomic mass is 10.1. The SMILES string of the molecule is CC(Oc1ccc2ncc(/C=C/C(=O)O)cc2c1)c1c(Cl)ccc(F)c1Cl. The van der Waals surface area contributed by atoms with E-state index in [-0.39, 0.29) is 5.02 Å². The number of pyridine rings is 1. The quantitative estimate of drug-likeness (QED) is 0.422. The highest BCUT2D eigenvalue weighted by Gasteiger charge is 2.18. The Morgan fingerprint density at radius 2 is 2.04 bits per heavy atom. The molecule has 0 amide bonds. The number of hydrogen-bond donors (Lipinski definition) is 1. The zero-order chi connectivity index (χ0) is 19.6. The third-order valence-electron chi connectivity index (χ3n) is 3.89. The van der Waals surface area contributed by atoms with Crippen molar-refractivity contribution in [1.82, 2.24) is 4.98 Å². The van der Waals surface area contributed by atoms with Crippen molar-refractivity contribution >= 4 is 46.2 Å². The highest BCUT2D eigenvalue weighted by molar-refractivity contribution is 6.36. The van der Waals surface area contributed by atoms with E-state index >= 15 is 0 Å². The molecular weight excluding hydrogens is 392 g/mol. The van der Waals surface area contributed by atoms with Crippen molar-refractivity contribution in [1.29, 1.82) is 0 Å².